The lowest BCUT2D eigenvalue weighted by molar-refractivity contribution is -0.555. The van der Waals surface area contributed by atoms with Gasteiger partial charge in [-0.3, -0.25) is 10.1 Å². The van der Waals surface area contributed by atoms with E-state index >= 15 is 0 Å². The normalized spacial score (nSPS) is 22.2. The van der Waals surface area contributed by atoms with Crippen molar-refractivity contribution < 1.29 is 23.9 Å². The zero-order valence-corrected chi connectivity index (χ0v) is 25.2. The third-order valence-corrected chi connectivity index (χ3v) is 8.60. The van der Waals surface area contributed by atoms with E-state index in [-0.39, 0.29) is 24.7 Å². The summed E-state index contributed by atoms with van der Waals surface area (Å²) in [5, 5.41) is 12.6. The third-order valence-electron chi connectivity index (χ3n) is 7.35. The number of benzene rings is 3. The van der Waals surface area contributed by atoms with Crippen molar-refractivity contribution in [2.45, 2.75) is 88.6 Å². The Balaban J connectivity index is 1.54. The Morgan fingerprint density at radius 1 is 0.738 bits per heavy atom. The van der Waals surface area contributed by atoms with Gasteiger partial charge in [0.2, 0.25) is 0 Å². The number of hydrogen-bond acceptors (Lipinski definition) is 7. The Morgan fingerprint density at radius 3 is 1.81 bits per heavy atom. The minimum absolute atomic E-state index is 0.234. The standard InChI is InChI=1S/C34H43NO6S/c1-2-3-4-5-15-22-42-34-31(35(36)37)33(40-25-29-20-13-8-14-21-29)32(39-24-28-18-11-7-12-19-28)30(41-34)26-38-23-27-16-9-6-10-17-27/h6-14,16-21,30-34H,2-5,15,22-26H2,1H3/t30-,31-,32+,33-,34?/m1/s1. The second kappa shape index (κ2) is 18.0. The molecule has 0 bridgehead atoms. The van der Waals surface area contributed by atoms with Gasteiger partial charge in [-0.25, -0.2) is 0 Å². The fraction of sp³-hybridized carbons (Fsp3) is 0.471. The molecule has 4 rings (SSSR count). The van der Waals surface area contributed by atoms with Crippen molar-refractivity contribution >= 4 is 11.8 Å². The number of rotatable bonds is 18. The minimum atomic E-state index is -1.08. The predicted molar refractivity (Wildman–Crippen MR) is 167 cm³/mol. The van der Waals surface area contributed by atoms with Crippen LogP contribution in [0.5, 0.6) is 0 Å². The fourth-order valence-corrected chi connectivity index (χ4v) is 6.36. The van der Waals surface area contributed by atoms with Crippen LogP contribution >= 0.6 is 11.8 Å². The van der Waals surface area contributed by atoms with E-state index in [0.29, 0.717) is 6.61 Å². The number of nitrogens with zero attached hydrogens (tertiary/aromatic N) is 1. The van der Waals surface area contributed by atoms with Crippen LogP contribution in [-0.4, -0.2) is 47.1 Å². The van der Waals surface area contributed by atoms with E-state index in [2.05, 4.69) is 6.92 Å². The molecule has 1 unspecified atom stereocenters. The molecule has 0 aromatic heterocycles. The van der Waals surface area contributed by atoms with Crippen molar-refractivity contribution in [3.05, 3.63) is 118 Å². The quantitative estimate of drug-likeness (QED) is 0.0861. The first kappa shape index (κ1) is 32.2. The zero-order chi connectivity index (χ0) is 29.4. The lowest BCUT2D eigenvalue weighted by Gasteiger charge is -2.42. The number of thioether (sulfide) groups is 1. The van der Waals surface area contributed by atoms with Crippen LogP contribution in [0, 0.1) is 10.1 Å². The first-order valence-electron chi connectivity index (χ1n) is 15.0. The summed E-state index contributed by atoms with van der Waals surface area (Å²) in [6, 6.07) is 28.4. The largest absolute Gasteiger partial charge is 0.374 e. The molecule has 0 amide bonds. The monoisotopic (exact) mass is 593 g/mol. The molecule has 0 radical (unpaired) electrons. The van der Waals surface area contributed by atoms with Crippen LogP contribution in [-0.2, 0) is 38.8 Å². The molecule has 0 N–H and O–H groups in total. The molecule has 1 aliphatic rings. The number of ether oxygens (including phenoxy) is 4. The first-order valence-corrected chi connectivity index (χ1v) is 16.0. The van der Waals surface area contributed by atoms with Gasteiger partial charge in [-0.05, 0) is 28.9 Å². The SMILES string of the molecule is CCCCCCCSC1O[C@H](COCc2ccccc2)[C@H](OCc2ccccc2)[C@H](OCc2ccccc2)[C@H]1[N+](=O)[O-]. The van der Waals surface area contributed by atoms with Gasteiger partial charge in [-0.1, -0.05) is 124 Å². The smallest absolute Gasteiger partial charge is 0.276 e. The molecule has 0 saturated carbocycles. The lowest BCUT2D eigenvalue weighted by atomic mass is 9.97. The fourth-order valence-electron chi connectivity index (χ4n) is 5.08. The summed E-state index contributed by atoms with van der Waals surface area (Å²) < 4.78 is 25.5. The highest BCUT2D eigenvalue weighted by Crippen LogP contribution is 2.35. The molecule has 7 nitrogen and oxygen atoms in total. The summed E-state index contributed by atoms with van der Waals surface area (Å²) in [7, 11) is 0. The number of unbranched alkanes of at least 4 members (excludes halogenated alkanes) is 4. The van der Waals surface area contributed by atoms with Gasteiger partial charge in [0.05, 0.1) is 26.4 Å². The van der Waals surface area contributed by atoms with Gasteiger partial charge < -0.3 is 18.9 Å². The molecule has 1 heterocycles. The van der Waals surface area contributed by atoms with E-state index in [0.717, 1.165) is 35.3 Å². The minimum Gasteiger partial charge on any atom is -0.374 e. The summed E-state index contributed by atoms with van der Waals surface area (Å²) in [6.45, 7) is 3.37. The van der Waals surface area contributed by atoms with Crippen molar-refractivity contribution in [3.8, 4) is 0 Å². The zero-order valence-electron chi connectivity index (χ0n) is 24.4. The van der Waals surface area contributed by atoms with Gasteiger partial charge in [0.15, 0.2) is 11.5 Å². The molecule has 1 aliphatic heterocycles. The Hall–Kier alpha value is -2.75. The van der Waals surface area contributed by atoms with E-state index < -0.39 is 29.8 Å². The summed E-state index contributed by atoms with van der Waals surface area (Å²) in [5.74, 6) is 0.789. The van der Waals surface area contributed by atoms with Crippen LogP contribution in [0.25, 0.3) is 0 Å². The maximum absolute atomic E-state index is 12.6. The molecule has 1 fully saturated rings. The first-order chi connectivity index (χ1) is 20.7. The predicted octanol–water partition coefficient (Wildman–Crippen LogP) is 7.45. The van der Waals surface area contributed by atoms with Gasteiger partial charge >= 0.3 is 0 Å². The Labute approximate surface area is 254 Å². The molecule has 8 heteroatoms. The van der Waals surface area contributed by atoms with Gasteiger partial charge in [0.1, 0.15) is 12.2 Å². The van der Waals surface area contributed by atoms with Gasteiger partial charge in [0.25, 0.3) is 6.04 Å². The summed E-state index contributed by atoms with van der Waals surface area (Å²) >= 11 is 1.51. The molecule has 0 aliphatic carbocycles. The van der Waals surface area contributed by atoms with E-state index in [9.17, 15) is 10.1 Å². The van der Waals surface area contributed by atoms with Gasteiger partial charge in [-0.2, -0.15) is 0 Å². The van der Waals surface area contributed by atoms with E-state index in [1.165, 1.54) is 31.0 Å². The van der Waals surface area contributed by atoms with Crippen molar-refractivity contribution in [2.24, 2.45) is 0 Å². The van der Waals surface area contributed by atoms with Crippen molar-refractivity contribution in [1.82, 2.24) is 0 Å². The Kier molecular flexibility index (Phi) is 13.8. The number of hydrogen-bond donors (Lipinski definition) is 0. The van der Waals surface area contributed by atoms with Gasteiger partial charge in [0, 0.05) is 4.92 Å². The summed E-state index contributed by atoms with van der Waals surface area (Å²) in [4.78, 5) is 12.4. The lowest BCUT2D eigenvalue weighted by Crippen LogP contribution is -2.62. The average molecular weight is 594 g/mol. The Bertz CT molecular complexity index is 1150. The van der Waals surface area contributed by atoms with Crippen molar-refractivity contribution in [3.63, 3.8) is 0 Å². The Morgan fingerprint density at radius 2 is 1.26 bits per heavy atom. The highest BCUT2D eigenvalue weighted by Gasteiger charge is 2.54. The second-order valence-corrected chi connectivity index (χ2v) is 11.8. The van der Waals surface area contributed by atoms with Crippen molar-refractivity contribution in [1.29, 1.82) is 0 Å². The van der Waals surface area contributed by atoms with Gasteiger partial charge in [-0.15, -0.1) is 11.8 Å². The van der Waals surface area contributed by atoms with Crippen LogP contribution in [0.4, 0.5) is 0 Å². The number of nitro groups is 1. The highest BCUT2D eigenvalue weighted by atomic mass is 32.2. The molecule has 1 saturated heterocycles. The molecule has 0 spiro atoms. The van der Waals surface area contributed by atoms with Crippen molar-refractivity contribution in [2.75, 3.05) is 12.4 Å². The molecule has 5 atom stereocenters. The highest BCUT2D eigenvalue weighted by molar-refractivity contribution is 7.99. The molecular formula is C34H43NO6S. The second-order valence-electron chi connectivity index (χ2n) is 10.6. The molecular weight excluding hydrogens is 550 g/mol. The maximum atomic E-state index is 12.6. The maximum Gasteiger partial charge on any atom is 0.276 e. The van der Waals surface area contributed by atoms with Crippen LogP contribution in [0.2, 0.25) is 0 Å². The van der Waals surface area contributed by atoms with Crippen LogP contribution in [0.3, 0.4) is 0 Å². The van der Waals surface area contributed by atoms with E-state index in [1.807, 2.05) is 91.0 Å². The third kappa shape index (κ3) is 10.2. The molecule has 3 aromatic rings. The van der Waals surface area contributed by atoms with Crippen LogP contribution in [0.15, 0.2) is 91.0 Å². The van der Waals surface area contributed by atoms with E-state index in [1.54, 1.807) is 0 Å². The average Bonchev–Trinajstić information content (AvgIpc) is 3.02. The molecule has 42 heavy (non-hydrogen) atoms. The van der Waals surface area contributed by atoms with Crippen LogP contribution < -0.4 is 0 Å². The molecule has 3 aromatic carbocycles. The van der Waals surface area contributed by atoms with E-state index in [4.69, 9.17) is 18.9 Å². The summed E-state index contributed by atoms with van der Waals surface area (Å²) in [6.07, 6.45) is 3.62. The van der Waals surface area contributed by atoms with Crippen LogP contribution in [0.1, 0.15) is 55.7 Å². The summed E-state index contributed by atoms with van der Waals surface area (Å²) in [5.41, 5.74) is 2.30. The topological polar surface area (TPSA) is 80.1 Å². The molecule has 226 valence electrons.